The van der Waals surface area contributed by atoms with E-state index >= 15 is 0 Å². The Balaban J connectivity index is 2.57. The fourth-order valence-corrected chi connectivity index (χ4v) is 2.51. The smallest absolute Gasteiger partial charge is 0.323 e. The number of aliphatic hydroxyl groups excluding tert-OH is 1. The van der Waals surface area contributed by atoms with Crippen LogP contribution in [0.15, 0.2) is 0 Å². The molecule has 0 aliphatic carbocycles. The Bertz CT molecular complexity index is 233. The Morgan fingerprint density at radius 2 is 2.35 bits per heavy atom. The fraction of sp³-hybridized carbons (Fsp3) is 0.923. The minimum absolute atomic E-state index is 0.116. The molecule has 0 saturated carbocycles. The highest BCUT2D eigenvalue weighted by Gasteiger charge is 2.30. The molecule has 0 amide bonds. The summed E-state index contributed by atoms with van der Waals surface area (Å²) in [5.74, 6) is 0.189. The van der Waals surface area contributed by atoms with E-state index in [1.165, 1.54) is 7.11 Å². The molecule has 0 radical (unpaired) electrons. The number of carbonyl (C=O) groups excluding carboxylic acids is 1. The molecule has 0 spiro atoms. The highest BCUT2D eigenvalue weighted by molar-refractivity contribution is 5.75. The van der Waals surface area contributed by atoms with Crippen LogP contribution in [0.25, 0.3) is 0 Å². The van der Waals surface area contributed by atoms with Gasteiger partial charge in [0.25, 0.3) is 0 Å². The van der Waals surface area contributed by atoms with Crippen molar-refractivity contribution in [2.45, 2.75) is 45.1 Å². The molecular formula is C13H25NO3. The summed E-state index contributed by atoms with van der Waals surface area (Å²) in [5, 5.41) is 9.22. The van der Waals surface area contributed by atoms with Gasteiger partial charge in [0, 0.05) is 13.2 Å². The zero-order valence-corrected chi connectivity index (χ0v) is 11.0. The van der Waals surface area contributed by atoms with Crippen molar-refractivity contribution in [1.29, 1.82) is 0 Å². The Kier molecular flexibility index (Phi) is 6.52. The highest BCUT2D eigenvalue weighted by atomic mass is 16.5. The van der Waals surface area contributed by atoms with E-state index in [-0.39, 0.29) is 18.6 Å². The van der Waals surface area contributed by atoms with Gasteiger partial charge in [0.05, 0.1) is 7.11 Å². The largest absolute Gasteiger partial charge is 0.468 e. The Labute approximate surface area is 104 Å². The van der Waals surface area contributed by atoms with Gasteiger partial charge in [0.1, 0.15) is 6.04 Å². The van der Waals surface area contributed by atoms with E-state index in [0.29, 0.717) is 5.92 Å². The molecule has 0 bridgehead atoms. The number of ether oxygens (including phenoxy) is 1. The van der Waals surface area contributed by atoms with Gasteiger partial charge in [-0.05, 0) is 31.7 Å². The summed E-state index contributed by atoms with van der Waals surface area (Å²) < 4.78 is 4.89. The number of aliphatic hydroxyl groups is 1. The molecule has 0 aromatic carbocycles. The molecule has 0 aromatic heterocycles. The lowest BCUT2D eigenvalue weighted by Crippen LogP contribution is -2.47. The second-order valence-corrected chi connectivity index (χ2v) is 4.87. The molecule has 1 heterocycles. The molecule has 100 valence electrons. The minimum Gasteiger partial charge on any atom is -0.468 e. The third-order valence-corrected chi connectivity index (χ3v) is 3.55. The van der Waals surface area contributed by atoms with Crippen LogP contribution in [-0.4, -0.2) is 48.8 Å². The van der Waals surface area contributed by atoms with Crippen molar-refractivity contribution < 1.29 is 14.6 Å². The first-order chi connectivity index (χ1) is 8.22. The van der Waals surface area contributed by atoms with Crippen LogP contribution < -0.4 is 0 Å². The summed E-state index contributed by atoms with van der Waals surface area (Å²) in [6.07, 6.45) is 5.12. The van der Waals surface area contributed by atoms with E-state index in [2.05, 4.69) is 11.8 Å². The SMILES string of the molecule is CCCCC(C(=O)OC)N1CCCC(CO)C1. The predicted octanol–water partition coefficient (Wildman–Crippen LogP) is 1.42. The number of methoxy groups -OCH3 is 1. The Hall–Kier alpha value is -0.610. The number of esters is 1. The molecule has 1 aliphatic rings. The van der Waals surface area contributed by atoms with Crippen LogP contribution in [0.1, 0.15) is 39.0 Å². The van der Waals surface area contributed by atoms with Gasteiger partial charge in [0.15, 0.2) is 0 Å². The van der Waals surface area contributed by atoms with E-state index < -0.39 is 0 Å². The molecule has 4 nitrogen and oxygen atoms in total. The second-order valence-electron chi connectivity index (χ2n) is 4.87. The average Bonchev–Trinajstić information content (AvgIpc) is 2.39. The summed E-state index contributed by atoms with van der Waals surface area (Å²) in [6.45, 7) is 4.11. The molecule has 1 fully saturated rings. The van der Waals surface area contributed by atoms with Gasteiger partial charge in [-0.25, -0.2) is 0 Å². The van der Waals surface area contributed by atoms with E-state index in [1.807, 2.05) is 0 Å². The summed E-state index contributed by atoms with van der Waals surface area (Å²) >= 11 is 0. The number of nitrogens with zero attached hydrogens (tertiary/aromatic N) is 1. The molecule has 4 heteroatoms. The molecule has 1 aliphatic heterocycles. The van der Waals surface area contributed by atoms with Gasteiger partial charge in [0.2, 0.25) is 0 Å². The number of unbranched alkanes of at least 4 members (excludes halogenated alkanes) is 1. The molecule has 2 atom stereocenters. The number of piperidine rings is 1. The summed E-state index contributed by atoms with van der Waals surface area (Å²) in [7, 11) is 1.45. The Morgan fingerprint density at radius 3 is 2.94 bits per heavy atom. The first-order valence-electron chi connectivity index (χ1n) is 6.65. The van der Waals surface area contributed by atoms with Crippen LogP contribution in [0.5, 0.6) is 0 Å². The van der Waals surface area contributed by atoms with Gasteiger partial charge in [-0.2, -0.15) is 0 Å². The lowest BCUT2D eigenvalue weighted by atomic mass is 9.96. The molecular weight excluding hydrogens is 218 g/mol. The second kappa shape index (κ2) is 7.67. The Morgan fingerprint density at radius 1 is 1.59 bits per heavy atom. The van der Waals surface area contributed by atoms with Crippen LogP contribution in [0.4, 0.5) is 0 Å². The third-order valence-electron chi connectivity index (χ3n) is 3.55. The maximum atomic E-state index is 11.8. The van der Waals surface area contributed by atoms with Crippen molar-refractivity contribution >= 4 is 5.97 Å². The summed E-state index contributed by atoms with van der Waals surface area (Å²) in [4.78, 5) is 14.0. The van der Waals surface area contributed by atoms with Crippen LogP contribution in [-0.2, 0) is 9.53 Å². The van der Waals surface area contributed by atoms with Gasteiger partial charge in [-0.1, -0.05) is 19.8 Å². The molecule has 0 aromatic rings. The van der Waals surface area contributed by atoms with Gasteiger partial charge < -0.3 is 9.84 Å². The maximum absolute atomic E-state index is 11.8. The molecule has 2 unspecified atom stereocenters. The van der Waals surface area contributed by atoms with E-state index in [9.17, 15) is 9.90 Å². The predicted molar refractivity (Wildman–Crippen MR) is 66.7 cm³/mol. The van der Waals surface area contributed by atoms with Gasteiger partial charge in [-0.15, -0.1) is 0 Å². The number of carbonyl (C=O) groups is 1. The van der Waals surface area contributed by atoms with E-state index in [0.717, 1.165) is 45.2 Å². The van der Waals surface area contributed by atoms with Crippen LogP contribution >= 0.6 is 0 Å². The topological polar surface area (TPSA) is 49.8 Å². The van der Waals surface area contributed by atoms with Crippen molar-refractivity contribution in [1.82, 2.24) is 4.90 Å². The maximum Gasteiger partial charge on any atom is 0.323 e. The number of hydrogen-bond donors (Lipinski definition) is 1. The number of likely N-dealkylation sites (tertiary alicyclic amines) is 1. The monoisotopic (exact) mass is 243 g/mol. The standard InChI is InChI=1S/C13H25NO3/c1-3-4-7-12(13(16)17-2)14-8-5-6-11(9-14)10-15/h11-12,15H,3-10H2,1-2H3. The molecule has 1 rings (SSSR count). The summed E-state index contributed by atoms with van der Waals surface area (Å²) in [6, 6.07) is -0.116. The first-order valence-corrected chi connectivity index (χ1v) is 6.65. The van der Waals surface area contributed by atoms with Crippen molar-refractivity contribution in [3.05, 3.63) is 0 Å². The number of hydrogen-bond acceptors (Lipinski definition) is 4. The highest BCUT2D eigenvalue weighted by Crippen LogP contribution is 2.21. The van der Waals surface area contributed by atoms with Crippen molar-refractivity contribution in [2.75, 3.05) is 26.8 Å². The molecule has 1 N–H and O–H groups in total. The van der Waals surface area contributed by atoms with Crippen molar-refractivity contribution in [3.8, 4) is 0 Å². The zero-order chi connectivity index (χ0) is 12.7. The van der Waals surface area contributed by atoms with Gasteiger partial charge >= 0.3 is 5.97 Å². The van der Waals surface area contributed by atoms with Gasteiger partial charge in [-0.3, -0.25) is 9.69 Å². The van der Waals surface area contributed by atoms with Crippen LogP contribution in [0, 0.1) is 5.92 Å². The average molecular weight is 243 g/mol. The van der Waals surface area contributed by atoms with Crippen LogP contribution in [0.2, 0.25) is 0 Å². The fourth-order valence-electron chi connectivity index (χ4n) is 2.51. The normalized spacial score (nSPS) is 23.4. The van der Waals surface area contributed by atoms with Crippen LogP contribution in [0.3, 0.4) is 0 Å². The zero-order valence-electron chi connectivity index (χ0n) is 11.0. The first kappa shape index (κ1) is 14.5. The van der Waals surface area contributed by atoms with E-state index in [4.69, 9.17) is 4.74 Å². The molecule has 1 saturated heterocycles. The lowest BCUT2D eigenvalue weighted by Gasteiger charge is -2.36. The molecule has 17 heavy (non-hydrogen) atoms. The number of rotatable bonds is 6. The third kappa shape index (κ3) is 4.28. The van der Waals surface area contributed by atoms with Crippen molar-refractivity contribution in [3.63, 3.8) is 0 Å². The van der Waals surface area contributed by atoms with Crippen molar-refractivity contribution in [2.24, 2.45) is 5.92 Å². The summed E-state index contributed by atoms with van der Waals surface area (Å²) in [5.41, 5.74) is 0. The quantitative estimate of drug-likeness (QED) is 0.717. The lowest BCUT2D eigenvalue weighted by molar-refractivity contribution is -0.148. The van der Waals surface area contributed by atoms with E-state index in [1.54, 1.807) is 0 Å². The minimum atomic E-state index is -0.128.